The molecule has 25 heavy (non-hydrogen) atoms. The molecule has 2 aliphatic rings. The summed E-state index contributed by atoms with van der Waals surface area (Å²) >= 11 is 0. The first-order chi connectivity index (χ1) is 12.2. The molecule has 1 amide bonds. The molecule has 0 aromatic heterocycles. The van der Waals surface area contributed by atoms with E-state index in [0.29, 0.717) is 36.0 Å². The van der Waals surface area contributed by atoms with Crippen LogP contribution in [-0.4, -0.2) is 24.9 Å². The Morgan fingerprint density at radius 3 is 2.40 bits per heavy atom. The molecule has 1 aliphatic carbocycles. The van der Waals surface area contributed by atoms with Gasteiger partial charge >= 0.3 is 0 Å². The van der Waals surface area contributed by atoms with Gasteiger partial charge in [0.15, 0.2) is 17.3 Å². The largest absolute Gasteiger partial charge is 0.486 e. The zero-order valence-electron chi connectivity index (χ0n) is 13.8. The van der Waals surface area contributed by atoms with Crippen LogP contribution < -0.4 is 14.8 Å². The van der Waals surface area contributed by atoms with Crippen LogP contribution in [0.4, 0.5) is 5.69 Å². The van der Waals surface area contributed by atoms with Crippen LogP contribution in [0.2, 0.25) is 0 Å². The van der Waals surface area contributed by atoms with Crippen molar-refractivity contribution in [3.63, 3.8) is 0 Å². The number of carbonyl (C=O) groups is 2. The molecule has 0 spiro atoms. The number of ether oxygens (including phenoxy) is 2. The van der Waals surface area contributed by atoms with Crippen LogP contribution in [0.1, 0.15) is 28.8 Å². The number of anilines is 1. The summed E-state index contributed by atoms with van der Waals surface area (Å²) in [5, 5.41) is 2.86. The quantitative estimate of drug-likeness (QED) is 0.851. The fourth-order valence-corrected chi connectivity index (χ4v) is 2.89. The summed E-state index contributed by atoms with van der Waals surface area (Å²) in [6.07, 6.45) is 2.24. The van der Waals surface area contributed by atoms with E-state index in [9.17, 15) is 9.59 Å². The molecule has 1 heterocycles. The van der Waals surface area contributed by atoms with E-state index in [1.807, 2.05) is 18.2 Å². The highest BCUT2D eigenvalue weighted by atomic mass is 16.6. The first-order valence-corrected chi connectivity index (χ1v) is 8.52. The van der Waals surface area contributed by atoms with Gasteiger partial charge in [-0.3, -0.25) is 9.59 Å². The maximum absolute atomic E-state index is 12.2. The SMILES string of the molecule is O=C(Cc1ccc2c(c1)OCCO2)Nc1ccc(C(=O)C2CC2)cc1. The summed E-state index contributed by atoms with van der Waals surface area (Å²) in [6, 6.07) is 12.6. The number of hydrogen-bond acceptors (Lipinski definition) is 4. The third kappa shape index (κ3) is 3.65. The molecule has 1 saturated carbocycles. The molecule has 0 bridgehead atoms. The second kappa shape index (κ2) is 6.59. The summed E-state index contributed by atoms with van der Waals surface area (Å²) in [5.41, 5.74) is 2.27. The Hall–Kier alpha value is -2.82. The molecule has 4 rings (SSSR count). The number of benzene rings is 2. The van der Waals surface area contributed by atoms with Crippen LogP contribution in [-0.2, 0) is 11.2 Å². The fourth-order valence-electron chi connectivity index (χ4n) is 2.89. The first-order valence-electron chi connectivity index (χ1n) is 8.52. The summed E-state index contributed by atoms with van der Waals surface area (Å²) in [6.45, 7) is 1.07. The Balaban J connectivity index is 1.37. The first kappa shape index (κ1) is 15.7. The summed E-state index contributed by atoms with van der Waals surface area (Å²) < 4.78 is 11.0. The third-order valence-electron chi connectivity index (χ3n) is 4.37. The van der Waals surface area contributed by atoms with Crippen LogP contribution in [0.3, 0.4) is 0 Å². The lowest BCUT2D eigenvalue weighted by molar-refractivity contribution is -0.115. The van der Waals surface area contributed by atoms with Crippen LogP contribution >= 0.6 is 0 Å². The lowest BCUT2D eigenvalue weighted by atomic mass is 10.1. The molecule has 2 aromatic rings. The molecule has 2 aromatic carbocycles. The molecule has 128 valence electrons. The lowest BCUT2D eigenvalue weighted by Crippen LogP contribution is -2.17. The number of rotatable bonds is 5. The molecule has 5 heteroatoms. The Bertz CT molecular complexity index is 809. The predicted molar refractivity (Wildman–Crippen MR) is 93.3 cm³/mol. The van der Waals surface area contributed by atoms with Crippen molar-refractivity contribution in [2.45, 2.75) is 19.3 Å². The van der Waals surface area contributed by atoms with Gasteiger partial charge in [-0.25, -0.2) is 0 Å². The van der Waals surface area contributed by atoms with E-state index in [4.69, 9.17) is 9.47 Å². The smallest absolute Gasteiger partial charge is 0.228 e. The van der Waals surface area contributed by atoms with Gasteiger partial charge in [-0.1, -0.05) is 6.07 Å². The van der Waals surface area contributed by atoms with Crippen LogP contribution in [0.25, 0.3) is 0 Å². The number of carbonyl (C=O) groups excluding carboxylic acids is 2. The molecule has 0 unspecified atom stereocenters. The zero-order valence-corrected chi connectivity index (χ0v) is 13.8. The molecule has 0 saturated heterocycles. The van der Waals surface area contributed by atoms with Crippen molar-refractivity contribution in [1.29, 1.82) is 0 Å². The molecule has 1 aliphatic heterocycles. The van der Waals surface area contributed by atoms with E-state index in [2.05, 4.69) is 5.32 Å². The van der Waals surface area contributed by atoms with Crippen LogP contribution in [0.15, 0.2) is 42.5 Å². The van der Waals surface area contributed by atoms with Gasteiger partial charge in [0.1, 0.15) is 13.2 Å². The van der Waals surface area contributed by atoms with Gasteiger partial charge in [0.25, 0.3) is 0 Å². The second-order valence-corrected chi connectivity index (χ2v) is 6.42. The van der Waals surface area contributed by atoms with Gasteiger partial charge in [-0.2, -0.15) is 0 Å². The molecule has 1 N–H and O–H groups in total. The van der Waals surface area contributed by atoms with Gasteiger partial charge in [-0.05, 0) is 54.8 Å². The highest BCUT2D eigenvalue weighted by Crippen LogP contribution is 2.33. The van der Waals surface area contributed by atoms with Crippen LogP contribution in [0, 0.1) is 5.92 Å². The standard InChI is InChI=1S/C20H19NO4/c22-19(12-13-1-8-17-18(11-13)25-10-9-24-17)21-16-6-4-15(5-7-16)20(23)14-2-3-14/h1,4-8,11,14H,2-3,9-10,12H2,(H,21,22). The second-order valence-electron chi connectivity index (χ2n) is 6.42. The molecule has 5 nitrogen and oxygen atoms in total. The zero-order chi connectivity index (χ0) is 17.2. The number of Topliss-reactive ketones (excluding diaryl/α,β-unsaturated/α-hetero) is 1. The van der Waals surface area contributed by atoms with E-state index in [1.54, 1.807) is 24.3 Å². The fraction of sp³-hybridized carbons (Fsp3) is 0.300. The van der Waals surface area contributed by atoms with Gasteiger partial charge < -0.3 is 14.8 Å². The van der Waals surface area contributed by atoms with Crippen molar-refractivity contribution in [3.05, 3.63) is 53.6 Å². The number of fused-ring (bicyclic) bond motifs is 1. The van der Waals surface area contributed by atoms with E-state index in [1.165, 1.54) is 0 Å². The van der Waals surface area contributed by atoms with Crippen molar-refractivity contribution in [3.8, 4) is 11.5 Å². The van der Waals surface area contributed by atoms with E-state index >= 15 is 0 Å². The Kier molecular flexibility index (Phi) is 4.14. The lowest BCUT2D eigenvalue weighted by Gasteiger charge is -2.18. The number of nitrogens with one attached hydrogen (secondary N) is 1. The maximum Gasteiger partial charge on any atom is 0.228 e. The molecule has 1 fully saturated rings. The van der Waals surface area contributed by atoms with Gasteiger partial charge in [-0.15, -0.1) is 0 Å². The van der Waals surface area contributed by atoms with E-state index in [-0.39, 0.29) is 24.0 Å². The molecular formula is C20H19NO4. The number of amides is 1. The van der Waals surface area contributed by atoms with Crippen LogP contribution in [0.5, 0.6) is 11.5 Å². The Morgan fingerprint density at radius 2 is 1.68 bits per heavy atom. The minimum Gasteiger partial charge on any atom is -0.486 e. The molecule has 0 atom stereocenters. The number of hydrogen-bond donors (Lipinski definition) is 1. The highest BCUT2D eigenvalue weighted by Gasteiger charge is 2.30. The van der Waals surface area contributed by atoms with Gasteiger partial charge in [0.2, 0.25) is 5.91 Å². The van der Waals surface area contributed by atoms with Crippen molar-refractivity contribution < 1.29 is 19.1 Å². The minimum atomic E-state index is -0.113. The summed E-state index contributed by atoms with van der Waals surface area (Å²) in [7, 11) is 0. The summed E-state index contributed by atoms with van der Waals surface area (Å²) in [5.74, 6) is 1.69. The van der Waals surface area contributed by atoms with E-state index < -0.39 is 0 Å². The average Bonchev–Trinajstić information content (AvgIpc) is 3.47. The van der Waals surface area contributed by atoms with Gasteiger partial charge in [0, 0.05) is 17.2 Å². The minimum absolute atomic E-state index is 0.113. The average molecular weight is 337 g/mol. The van der Waals surface area contributed by atoms with Crippen molar-refractivity contribution in [1.82, 2.24) is 0 Å². The summed E-state index contributed by atoms with van der Waals surface area (Å²) in [4.78, 5) is 24.2. The van der Waals surface area contributed by atoms with Crippen molar-refractivity contribution >= 4 is 17.4 Å². The van der Waals surface area contributed by atoms with Gasteiger partial charge in [0.05, 0.1) is 6.42 Å². The predicted octanol–water partition coefficient (Wildman–Crippen LogP) is 3.23. The molecule has 0 radical (unpaired) electrons. The van der Waals surface area contributed by atoms with Crippen molar-refractivity contribution in [2.24, 2.45) is 5.92 Å². The van der Waals surface area contributed by atoms with Crippen molar-refractivity contribution in [2.75, 3.05) is 18.5 Å². The van der Waals surface area contributed by atoms with E-state index in [0.717, 1.165) is 18.4 Å². The third-order valence-corrected chi connectivity index (χ3v) is 4.37. The normalized spacial score (nSPS) is 15.5. The Labute approximate surface area is 145 Å². The maximum atomic E-state index is 12.2. The molecular weight excluding hydrogens is 318 g/mol. The highest BCUT2D eigenvalue weighted by molar-refractivity contribution is 6.00. The number of ketones is 1. The Morgan fingerprint density at radius 1 is 0.960 bits per heavy atom. The topological polar surface area (TPSA) is 64.6 Å². The monoisotopic (exact) mass is 337 g/mol.